The highest BCUT2D eigenvalue weighted by molar-refractivity contribution is 7.91. The summed E-state index contributed by atoms with van der Waals surface area (Å²) >= 11 is 0. The zero-order valence-corrected chi connectivity index (χ0v) is 15.7. The van der Waals surface area contributed by atoms with Crippen LogP contribution >= 0.6 is 0 Å². The predicted molar refractivity (Wildman–Crippen MR) is 100 cm³/mol. The number of nitrogens with zero attached hydrogens (tertiary/aromatic N) is 1. The van der Waals surface area contributed by atoms with Crippen molar-refractivity contribution in [1.29, 1.82) is 0 Å². The lowest BCUT2D eigenvalue weighted by molar-refractivity contribution is -0.121. The number of hydrogen-bond donors (Lipinski definition) is 1. The molecule has 0 saturated carbocycles. The molecule has 1 aliphatic rings. The van der Waals surface area contributed by atoms with E-state index in [9.17, 15) is 13.2 Å². The molecule has 0 unspecified atom stereocenters. The number of aromatic nitrogens is 1. The highest BCUT2D eigenvalue weighted by Crippen LogP contribution is 2.25. The number of fused-ring (bicyclic) bond motifs is 1. The van der Waals surface area contributed by atoms with Crippen molar-refractivity contribution in [2.24, 2.45) is 0 Å². The molecule has 0 bridgehead atoms. The molecule has 1 atom stereocenters. The number of benzene rings is 1. The summed E-state index contributed by atoms with van der Waals surface area (Å²) < 4.78 is 25.2. The molecular weight excluding hydrogens is 336 g/mol. The predicted octanol–water partition coefficient (Wildman–Crippen LogP) is 2.85. The first-order valence-electron chi connectivity index (χ1n) is 8.94. The minimum atomic E-state index is -2.95. The van der Waals surface area contributed by atoms with E-state index in [1.807, 2.05) is 12.1 Å². The Morgan fingerprint density at radius 2 is 2.08 bits per heavy atom. The molecule has 2 aromatic rings. The Hall–Kier alpha value is -1.82. The molecule has 0 aliphatic carbocycles. The third-order valence-electron chi connectivity index (χ3n) is 4.83. The molecule has 1 aliphatic heterocycles. The number of hydrogen-bond acceptors (Lipinski definition) is 3. The monoisotopic (exact) mass is 362 g/mol. The second kappa shape index (κ2) is 7.20. The standard InChI is InChI=1S/C19H26N2O3S/c1-14(2)21-12-15(17-7-3-4-8-18(17)21)6-5-9-19(22)20-16-10-11-25(23,24)13-16/h3-4,7-8,12,14,16H,5-6,9-11,13H2,1-2H3,(H,20,22)/t16-/m0/s1. The molecule has 1 saturated heterocycles. The zero-order chi connectivity index (χ0) is 18.0. The van der Waals surface area contributed by atoms with Crippen molar-refractivity contribution >= 4 is 26.6 Å². The minimum Gasteiger partial charge on any atom is -0.352 e. The summed E-state index contributed by atoms with van der Waals surface area (Å²) in [5.74, 6) is 0.225. The first kappa shape index (κ1) is 18.0. The molecule has 5 nitrogen and oxygen atoms in total. The van der Waals surface area contributed by atoms with Crippen LogP contribution in [0.15, 0.2) is 30.5 Å². The molecule has 0 spiro atoms. The van der Waals surface area contributed by atoms with Gasteiger partial charge in [0.15, 0.2) is 9.84 Å². The van der Waals surface area contributed by atoms with Crippen molar-refractivity contribution < 1.29 is 13.2 Å². The first-order valence-corrected chi connectivity index (χ1v) is 10.8. The van der Waals surface area contributed by atoms with Gasteiger partial charge in [-0.25, -0.2) is 8.42 Å². The van der Waals surface area contributed by atoms with E-state index in [-0.39, 0.29) is 23.5 Å². The minimum absolute atomic E-state index is 0.0466. The average molecular weight is 362 g/mol. The number of para-hydroxylation sites is 1. The van der Waals surface area contributed by atoms with Crippen LogP contribution in [0, 0.1) is 0 Å². The van der Waals surface area contributed by atoms with E-state index in [1.54, 1.807) is 0 Å². The number of amides is 1. The van der Waals surface area contributed by atoms with Crippen LogP contribution in [0.3, 0.4) is 0 Å². The molecular formula is C19H26N2O3S. The molecule has 6 heteroatoms. The fourth-order valence-electron chi connectivity index (χ4n) is 3.55. The maximum absolute atomic E-state index is 12.1. The van der Waals surface area contributed by atoms with Gasteiger partial charge in [-0.1, -0.05) is 18.2 Å². The summed E-state index contributed by atoms with van der Waals surface area (Å²) in [4.78, 5) is 12.1. The number of carbonyl (C=O) groups excluding carboxylic acids is 1. The Kier molecular flexibility index (Phi) is 5.18. The average Bonchev–Trinajstić information content (AvgIpc) is 3.08. The molecule has 1 aromatic carbocycles. The summed E-state index contributed by atoms with van der Waals surface area (Å²) in [6, 6.07) is 8.54. The summed E-state index contributed by atoms with van der Waals surface area (Å²) in [6.07, 6.45) is 4.76. The van der Waals surface area contributed by atoms with Gasteiger partial charge < -0.3 is 9.88 Å². The van der Waals surface area contributed by atoms with Gasteiger partial charge in [0.1, 0.15) is 0 Å². The van der Waals surface area contributed by atoms with Crippen LogP contribution in [-0.4, -0.2) is 36.4 Å². The Morgan fingerprint density at radius 1 is 1.32 bits per heavy atom. The Bertz CT molecular complexity index is 868. The highest BCUT2D eigenvalue weighted by Gasteiger charge is 2.28. The van der Waals surface area contributed by atoms with Gasteiger partial charge in [0.05, 0.1) is 11.5 Å². The van der Waals surface area contributed by atoms with E-state index in [1.165, 1.54) is 16.5 Å². The molecule has 1 amide bonds. The summed E-state index contributed by atoms with van der Waals surface area (Å²) in [5, 5.41) is 4.11. The van der Waals surface area contributed by atoms with Crippen molar-refractivity contribution in [2.45, 2.75) is 51.6 Å². The quantitative estimate of drug-likeness (QED) is 0.859. The van der Waals surface area contributed by atoms with Gasteiger partial charge in [-0.05, 0) is 44.7 Å². The largest absolute Gasteiger partial charge is 0.352 e. The number of rotatable bonds is 6. The summed E-state index contributed by atoms with van der Waals surface area (Å²) in [7, 11) is -2.95. The lowest BCUT2D eigenvalue weighted by Crippen LogP contribution is -2.35. The number of carbonyl (C=O) groups is 1. The molecule has 3 rings (SSSR count). The second-order valence-electron chi connectivity index (χ2n) is 7.19. The second-order valence-corrected chi connectivity index (χ2v) is 9.42. The van der Waals surface area contributed by atoms with E-state index >= 15 is 0 Å². The van der Waals surface area contributed by atoms with Gasteiger partial charge in [0.2, 0.25) is 5.91 Å². The van der Waals surface area contributed by atoms with Gasteiger partial charge in [0.25, 0.3) is 0 Å². The fraction of sp³-hybridized carbons (Fsp3) is 0.526. The first-order chi connectivity index (χ1) is 11.9. The van der Waals surface area contributed by atoms with Crippen molar-refractivity contribution in [3.05, 3.63) is 36.0 Å². The van der Waals surface area contributed by atoms with Crippen molar-refractivity contribution in [1.82, 2.24) is 9.88 Å². The molecule has 1 aromatic heterocycles. The smallest absolute Gasteiger partial charge is 0.220 e. The van der Waals surface area contributed by atoms with E-state index in [2.05, 4.69) is 42.1 Å². The van der Waals surface area contributed by atoms with Gasteiger partial charge >= 0.3 is 0 Å². The van der Waals surface area contributed by atoms with Crippen LogP contribution in [0.2, 0.25) is 0 Å². The Balaban J connectivity index is 1.57. The maximum atomic E-state index is 12.1. The van der Waals surface area contributed by atoms with Crippen LogP contribution in [0.1, 0.15) is 44.7 Å². The van der Waals surface area contributed by atoms with Crippen molar-refractivity contribution in [3.8, 4) is 0 Å². The van der Waals surface area contributed by atoms with E-state index < -0.39 is 9.84 Å². The normalized spacial score (nSPS) is 19.6. The lowest BCUT2D eigenvalue weighted by atomic mass is 10.1. The maximum Gasteiger partial charge on any atom is 0.220 e. The number of nitrogens with one attached hydrogen (secondary N) is 1. The van der Waals surface area contributed by atoms with E-state index in [0.29, 0.717) is 18.9 Å². The van der Waals surface area contributed by atoms with E-state index in [0.717, 1.165) is 12.8 Å². The molecule has 0 radical (unpaired) electrons. The Labute approximate surface area is 149 Å². The topological polar surface area (TPSA) is 68.2 Å². The third-order valence-corrected chi connectivity index (χ3v) is 6.59. The van der Waals surface area contributed by atoms with Crippen LogP contribution in [-0.2, 0) is 21.1 Å². The van der Waals surface area contributed by atoms with Gasteiger partial charge in [0, 0.05) is 35.6 Å². The molecule has 136 valence electrons. The number of sulfone groups is 1. The van der Waals surface area contributed by atoms with Crippen molar-refractivity contribution in [3.63, 3.8) is 0 Å². The van der Waals surface area contributed by atoms with Crippen LogP contribution in [0.4, 0.5) is 0 Å². The zero-order valence-electron chi connectivity index (χ0n) is 14.9. The molecule has 1 fully saturated rings. The number of aryl methyl sites for hydroxylation is 1. The van der Waals surface area contributed by atoms with Gasteiger partial charge in [-0.15, -0.1) is 0 Å². The fourth-order valence-corrected chi connectivity index (χ4v) is 5.23. The summed E-state index contributed by atoms with van der Waals surface area (Å²) in [6.45, 7) is 4.33. The SMILES string of the molecule is CC(C)n1cc(CCCC(=O)N[C@H]2CCS(=O)(=O)C2)c2ccccc21. The van der Waals surface area contributed by atoms with Crippen LogP contribution in [0.25, 0.3) is 10.9 Å². The van der Waals surface area contributed by atoms with Gasteiger partial charge in [-0.2, -0.15) is 0 Å². The van der Waals surface area contributed by atoms with Gasteiger partial charge in [-0.3, -0.25) is 4.79 Å². The van der Waals surface area contributed by atoms with Crippen LogP contribution in [0.5, 0.6) is 0 Å². The summed E-state index contributed by atoms with van der Waals surface area (Å²) in [5.41, 5.74) is 2.49. The lowest BCUT2D eigenvalue weighted by Gasteiger charge is -2.10. The van der Waals surface area contributed by atoms with Crippen LogP contribution < -0.4 is 5.32 Å². The Morgan fingerprint density at radius 3 is 2.76 bits per heavy atom. The van der Waals surface area contributed by atoms with E-state index in [4.69, 9.17) is 0 Å². The molecule has 25 heavy (non-hydrogen) atoms. The highest BCUT2D eigenvalue weighted by atomic mass is 32.2. The van der Waals surface area contributed by atoms with Crippen molar-refractivity contribution in [2.75, 3.05) is 11.5 Å². The third kappa shape index (κ3) is 4.24. The molecule has 2 heterocycles. The molecule has 1 N–H and O–H groups in total.